The van der Waals surface area contributed by atoms with Gasteiger partial charge < -0.3 is 31.5 Å². The van der Waals surface area contributed by atoms with Crippen molar-refractivity contribution >= 4 is 18.1 Å². The summed E-state index contributed by atoms with van der Waals surface area (Å²) in [7, 11) is 0. The lowest BCUT2D eigenvalue weighted by molar-refractivity contribution is -0.119. The number of aliphatic hydroxyl groups excluding tert-OH is 3. The molecule has 0 radical (unpaired) electrons. The highest BCUT2D eigenvalue weighted by Gasteiger charge is 2.43. The van der Waals surface area contributed by atoms with Crippen LogP contribution in [-0.4, -0.2) is 55.7 Å². The van der Waals surface area contributed by atoms with Crippen LogP contribution < -0.4 is 17.0 Å². The number of aromatic nitrogens is 2. The van der Waals surface area contributed by atoms with E-state index in [-0.39, 0.29) is 10.3 Å². The number of aromatic amines is 1. The number of carbonyl (C=O) groups excluding carboxylic acids is 1. The normalized spacial score (nSPS) is 29.5. The van der Waals surface area contributed by atoms with Gasteiger partial charge in [-0.25, -0.2) is 0 Å². The lowest BCUT2D eigenvalue weighted by Gasteiger charge is -2.20. The third-order valence-corrected chi connectivity index (χ3v) is 3.74. The smallest absolute Gasteiger partial charge is 0.256 e. The van der Waals surface area contributed by atoms with Gasteiger partial charge in [-0.3, -0.25) is 19.1 Å². The molecule has 0 saturated carbocycles. The van der Waals surface area contributed by atoms with Crippen LogP contribution in [-0.2, 0) is 9.53 Å². The van der Waals surface area contributed by atoms with Crippen molar-refractivity contribution in [3.8, 4) is 0 Å². The molecule has 1 unspecified atom stereocenters. The van der Waals surface area contributed by atoms with Crippen LogP contribution in [0.15, 0.2) is 11.0 Å². The van der Waals surface area contributed by atoms with Gasteiger partial charge >= 0.3 is 0 Å². The van der Waals surface area contributed by atoms with E-state index in [1.54, 1.807) is 0 Å². The van der Waals surface area contributed by atoms with Crippen molar-refractivity contribution in [1.82, 2.24) is 9.55 Å². The van der Waals surface area contributed by atoms with Gasteiger partial charge in [0.2, 0.25) is 5.91 Å². The molecule has 1 aromatic heterocycles. The van der Waals surface area contributed by atoms with E-state index in [1.807, 2.05) is 0 Å². The molecule has 1 aromatic rings. The van der Waals surface area contributed by atoms with E-state index in [2.05, 4.69) is 4.98 Å². The second kappa shape index (κ2) is 6.24. The topological polar surface area (TPSA) is 177 Å². The third-order valence-electron chi connectivity index (χ3n) is 3.43. The van der Waals surface area contributed by atoms with Crippen molar-refractivity contribution in [3.63, 3.8) is 0 Å². The van der Waals surface area contributed by atoms with Gasteiger partial charge in [0.15, 0.2) is 11.0 Å². The third kappa shape index (κ3) is 2.82. The minimum atomic E-state index is -1.40. The van der Waals surface area contributed by atoms with Gasteiger partial charge in [-0.2, -0.15) is 0 Å². The van der Waals surface area contributed by atoms with Crippen LogP contribution in [0.3, 0.4) is 0 Å². The lowest BCUT2D eigenvalue weighted by Crippen LogP contribution is -2.36. The van der Waals surface area contributed by atoms with Gasteiger partial charge in [-0.15, -0.1) is 0 Å². The molecule has 10 nitrogen and oxygen atoms in total. The van der Waals surface area contributed by atoms with Gasteiger partial charge in [0.1, 0.15) is 24.4 Å². The quantitative estimate of drug-likeness (QED) is 0.316. The maximum absolute atomic E-state index is 11.8. The monoisotopic (exact) mass is 332 g/mol. The number of rotatable bonds is 4. The van der Waals surface area contributed by atoms with Crippen molar-refractivity contribution in [2.75, 3.05) is 6.61 Å². The van der Waals surface area contributed by atoms with Crippen molar-refractivity contribution in [2.24, 2.45) is 11.5 Å². The molecule has 0 aliphatic carbocycles. The molecule has 0 bridgehead atoms. The number of nitrogens with zero attached hydrogens (tertiary/aromatic N) is 1. The van der Waals surface area contributed by atoms with E-state index < -0.39 is 48.7 Å². The molecular formula is C11H16N4O6S. The number of H-pyrrole nitrogens is 1. The molecule has 8 N–H and O–H groups in total. The minimum absolute atomic E-state index is 0.111. The van der Waals surface area contributed by atoms with Gasteiger partial charge in [-0.1, -0.05) is 0 Å². The fourth-order valence-corrected chi connectivity index (χ4v) is 2.42. The molecule has 5 atom stereocenters. The predicted molar refractivity (Wildman–Crippen MR) is 75.0 cm³/mol. The maximum Gasteiger partial charge on any atom is 0.256 e. The highest BCUT2D eigenvalue weighted by molar-refractivity contribution is 7.71. The van der Waals surface area contributed by atoms with Crippen LogP contribution in [0.25, 0.3) is 0 Å². The lowest BCUT2D eigenvalue weighted by atomic mass is 10.1. The summed E-state index contributed by atoms with van der Waals surface area (Å²) in [6.07, 6.45) is -3.77. The summed E-state index contributed by atoms with van der Waals surface area (Å²) < 4.78 is 6.33. The Labute approximate surface area is 128 Å². The number of hydrogen-bond donors (Lipinski definition) is 6. The number of ether oxygens (including phenoxy) is 1. The van der Waals surface area contributed by atoms with Gasteiger partial charge in [0, 0.05) is 6.20 Å². The van der Waals surface area contributed by atoms with Crippen LogP contribution >= 0.6 is 12.2 Å². The second-order valence-corrected chi connectivity index (χ2v) is 5.25. The highest BCUT2D eigenvalue weighted by Crippen LogP contribution is 2.29. The molecule has 2 rings (SSSR count). The summed E-state index contributed by atoms with van der Waals surface area (Å²) in [5.41, 5.74) is 9.74. The Morgan fingerprint density at radius 3 is 2.64 bits per heavy atom. The SMILES string of the molecule is NC(=O)C(N)c1cn([C@@H]2O[C@H](CO)[C@@H](O)[C@H]2O)c(=S)[nH]c1=O. The molecule has 1 saturated heterocycles. The van der Waals surface area contributed by atoms with Crippen LogP contribution in [0.4, 0.5) is 0 Å². The van der Waals surface area contributed by atoms with Crippen molar-refractivity contribution in [1.29, 1.82) is 0 Å². The molecule has 2 heterocycles. The zero-order valence-electron chi connectivity index (χ0n) is 11.2. The number of nitrogens with one attached hydrogen (secondary N) is 1. The average Bonchev–Trinajstić information content (AvgIpc) is 2.74. The zero-order chi connectivity index (χ0) is 16.6. The molecule has 11 heteroatoms. The average molecular weight is 332 g/mol. The maximum atomic E-state index is 11.8. The Balaban J connectivity index is 2.48. The number of carbonyl (C=O) groups is 1. The molecule has 0 spiro atoms. The van der Waals surface area contributed by atoms with Crippen LogP contribution in [0, 0.1) is 4.77 Å². The van der Waals surface area contributed by atoms with E-state index >= 15 is 0 Å². The number of primary amides is 1. The molecule has 122 valence electrons. The molecule has 1 fully saturated rings. The van der Waals surface area contributed by atoms with Crippen LogP contribution in [0.5, 0.6) is 0 Å². The number of hydrogen-bond acceptors (Lipinski definition) is 8. The summed E-state index contributed by atoms with van der Waals surface area (Å²) in [5, 5.41) is 28.8. The number of amides is 1. The first-order valence-corrected chi connectivity index (χ1v) is 6.71. The van der Waals surface area contributed by atoms with E-state index in [9.17, 15) is 19.8 Å². The summed E-state index contributed by atoms with van der Waals surface area (Å²) in [4.78, 5) is 25.2. The molecule has 22 heavy (non-hydrogen) atoms. The Morgan fingerprint density at radius 1 is 1.50 bits per heavy atom. The first-order valence-electron chi connectivity index (χ1n) is 6.30. The Bertz CT molecular complexity index is 688. The van der Waals surface area contributed by atoms with Crippen LogP contribution in [0.1, 0.15) is 17.8 Å². The summed E-state index contributed by atoms with van der Waals surface area (Å²) in [5.74, 6) is -0.921. The number of aliphatic hydroxyl groups is 3. The van der Waals surface area contributed by atoms with Gasteiger partial charge in [-0.05, 0) is 12.2 Å². The van der Waals surface area contributed by atoms with Crippen LogP contribution in [0.2, 0.25) is 0 Å². The first kappa shape index (κ1) is 16.7. The zero-order valence-corrected chi connectivity index (χ0v) is 12.1. The number of nitrogens with two attached hydrogens (primary N) is 2. The highest BCUT2D eigenvalue weighted by atomic mass is 32.1. The molecule has 1 aliphatic heterocycles. The fourth-order valence-electron chi connectivity index (χ4n) is 2.17. The van der Waals surface area contributed by atoms with Crippen molar-refractivity contribution < 1.29 is 24.9 Å². The molecule has 1 aliphatic rings. The van der Waals surface area contributed by atoms with Gasteiger partial charge in [0.25, 0.3) is 5.56 Å². The first-order chi connectivity index (χ1) is 10.3. The minimum Gasteiger partial charge on any atom is -0.394 e. The Morgan fingerprint density at radius 2 is 2.14 bits per heavy atom. The largest absolute Gasteiger partial charge is 0.394 e. The summed E-state index contributed by atoms with van der Waals surface area (Å²) in [6.45, 7) is -0.515. The standard InChI is InChI=1S/C11H16N4O6S/c12-5(8(13)19)3-1-15(11(22)14-9(3)20)10-7(18)6(17)4(2-16)21-10/h1,4-7,10,16-18H,2,12H2,(H2,13,19)(H,14,20,22)/t4-,5?,6-,7-,10-/m1/s1. The van der Waals surface area contributed by atoms with Crippen molar-refractivity contribution in [2.45, 2.75) is 30.6 Å². The van der Waals surface area contributed by atoms with Crippen molar-refractivity contribution in [3.05, 3.63) is 26.9 Å². The van der Waals surface area contributed by atoms with E-state index in [1.165, 1.54) is 0 Å². The Kier molecular flexibility index (Phi) is 4.75. The van der Waals surface area contributed by atoms with E-state index in [0.717, 1.165) is 10.8 Å². The second-order valence-electron chi connectivity index (χ2n) is 4.86. The fraction of sp³-hybridized carbons (Fsp3) is 0.545. The van der Waals surface area contributed by atoms with E-state index in [0.29, 0.717) is 0 Å². The predicted octanol–water partition coefficient (Wildman–Crippen LogP) is -3.00. The van der Waals surface area contributed by atoms with E-state index in [4.69, 9.17) is 33.5 Å². The molecule has 1 amide bonds. The Hall–Kier alpha value is -1.63. The van der Waals surface area contributed by atoms with Gasteiger partial charge in [0.05, 0.1) is 12.2 Å². The molecule has 0 aromatic carbocycles. The molecular weight excluding hydrogens is 316 g/mol. The summed E-state index contributed by atoms with van der Waals surface area (Å²) >= 11 is 4.97. The summed E-state index contributed by atoms with van der Waals surface area (Å²) in [6, 6.07) is -1.37.